The van der Waals surface area contributed by atoms with Gasteiger partial charge < -0.3 is 15.4 Å². The number of anilines is 2. The summed E-state index contributed by atoms with van der Waals surface area (Å²) in [6.07, 6.45) is 2.95. The predicted molar refractivity (Wildman–Crippen MR) is 124 cm³/mol. The number of fused-ring (bicyclic) bond motifs is 1. The maximum atomic E-state index is 12.9. The lowest BCUT2D eigenvalue weighted by Gasteiger charge is -2.23. The van der Waals surface area contributed by atoms with Crippen LogP contribution in [0.3, 0.4) is 0 Å². The highest BCUT2D eigenvalue weighted by atomic mass is 16.5. The molecule has 0 fully saturated rings. The van der Waals surface area contributed by atoms with Crippen LogP contribution >= 0.6 is 0 Å². The Bertz CT molecular complexity index is 988. The van der Waals surface area contributed by atoms with E-state index in [0.717, 1.165) is 12.8 Å². The number of amides is 2. The van der Waals surface area contributed by atoms with E-state index >= 15 is 0 Å². The van der Waals surface area contributed by atoms with Gasteiger partial charge in [-0.2, -0.15) is 0 Å². The van der Waals surface area contributed by atoms with Gasteiger partial charge in [0.25, 0.3) is 5.91 Å². The first-order valence-electron chi connectivity index (χ1n) is 10.8. The highest BCUT2D eigenvalue weighted by Crippen LogP contribution is 2.30. The Labute approximate surface area is 188 Å². The van der Waals surface area contributed by atoms with Crippen LogP contribution in [0.1, 0.15) is 32.3 Å². The van der Waals surface area contributed by atoms with E-state index in [2.05, 4.69) is 22.8 Å². The third-order valence-electron chi connectivity index (χ3n) is 5.11. The number of para-hydroxylation sites is 2. The van der Waals surface area contributed by atoms with Gasteiger partial charge in [-0.1, -0.05) is 42.5 Å². The van der Waals surface area contributed by atoms with E-state index in [-0.39, 0.29) is 37.4 Å². The van der Waals surface area contributed by atoms with Crippen molar-refractivity contribution in [1.29, 1.82) is 0 Å². The molecule has 1 unspecified atom stereocenters. The topological polar surface area (TPSA) is 87.7 Å². The number of benzene rings is 2. The molecule has 2 amide bonds. The zero-order valence-corrected chi connectivity index (χ0v) is 18.5. The molecule has 2 N–H and O–H groups in total. The maximum Gasteiger partial charge on any atom is 0.311 e. The number of aryl methyl sites for hydroxylation is 1. The molecule has 0 saturated heterocycles. The molecular weight excluding hydrogens is 406 g/mol. The monoisotopic (exact) mass is 435 g/mol. The molecule has 2 aromatic rings. The Morgan fingerprint density at radius 1 is 1.09 bits per heavy atom. The van der Waals surface area contributed by atoms with Crippen molar-refractivity contribution in [2.45, 2.75) is 39.2 Å². The second kappa shape index (κ2) is 11.1. The fourth-order valence-corrected chi connectivity index (χ4v) is 3.56. The molecule has 7 nitrogen and oxygen atoms in total. The van der Waals surface area contributed by atoms with Gasteiger partial charge in [0.1, 0.15) is 6.54 Å². The average Bonchev–Trinajstić information content (AvgIpc) is 2.89. The first-order valence-corrected chi connectivity index (χ1v) is 10.8. The molecule has 1 aliphatic rings. The molecule has 1 heterocycles. The Kier molecular flexibility index (Phi) is 8.02. The normalized spacial score (nSPS) is 13.9. The minimum atomic E-state index is -0.421. The van der Waals surface area contributed by atoms with Gasteiger partial charge in [0.05, 0.1) is 24.4 Å². The summed E-state index contributed by atoms with van der Waals surface area (Å²) in [4.78, 5) is 39.0. The number of hydrogen-bond acceptors (Lipinski definition) is 5. The smallest absolute Gasteiger partial charge is 0.311 e. The van der Waals surface area contributed by atoms with Crippen LogP contribution in [0.4, 0.5) is 11.4 Å². The lowest BCUT2D eigenvalue weighted by atomic mass is 10.1. The summed E-state index contributed by atoms with van der Waals surface area (Å²) in [6.45, 7) is 3.84. The van der Waals surface area contributed by atoms with Crippen LogP contribution in [-0.2, 0) is 25.5 Å². The zero-order chi connectivity index (χ0) is 22.9. The molecule has 1 aliphatic heterocycles. The zero-order valence-electron chi connectivity index (χ0n) is 18.5. The van der Waals surface area contributed by atoms with Gasteiger partial charge in [0.15, 0.2) is 0 Å². The van der Waals surface area contributed by atoms with Crippen molar-refractivity contribution in [2.75, 3.05) is 23.4 Å². The molecule has 3 rings (SSSR count). The second-order valence-corrected chi connectivity index (χ2v) is 7.71. The van der Waals surface area contributed by atoms with E-state index in [1.54, 1.807) is 25.1 Å². The summed E-state index contributed by atoms with van der Waals surface area (Å²) in [6, 6.07) is 17.3. The van der Waals surface area contributed by atoms with Gasteiger partial charge in [-0.15, -0.1) is 0 Å². The molecule has 0 radical (unpaired) electrons. The van der Waals surface area contributed by atoms with Gasteiger partial charge in [-0.25, -0.2) is 0 Å². The van der Waals surface area contributed by atoms with Gasteiger partial charge >= 0.3 is 5.97 Å². The van der Waals surface area contributed by atoms with Crippen molar-refractivity contribution >= 4 is 29.2 Å². The lowest BCUT2D eigenvalue weighted by Crippen LogP contribution is -2.43. The largest absolute Gasteiger partial charge is 0.466 e. The predicted octanol–water partition coefficient (Wildman–Crippen LogP) is 3.42. The maximum absolute atomic E-state index is 12.9. The van der Waals surface area contributed by atoms with Crippen LogP contribution in [0.15, 0.2) is 66.4 Å². The van der Waals surface area contributed by atoms with Crippen LogP contribution in [-0.4, -0.2) is 37.0 Å². The van der Waals surface area contributed by atoms with E-state index in [1.165, 1.54) is 16.5 Å². The van der Waals surface area contributed by atoms with Gasteiger partial charge in [-0.05, 0) is 44.4 Å². The molecule has 168 valence electrons. The molecule has 0 saturated carbocycles. The standard InChI is InChI=1S/C25H29N3O4/c1-3-32-25(31)16-20-15-24(30)28(22-12-8-7-11-21(22)27-20)17-23(29)26-18(2)13-14-19-9-5-4-6-10-19/h4-12,15,18,27H,3,13-14,16-17H2,1-2H3,(H,26,29). The van der Waals surface area contributed by atoms with Crippen LogP contribution in [0.2, 0.25) is 0 Å². The molecule has 0 aromatic heterocycles. The van der Waals surface area contributed by atoms with Crippen molar-refractivity contribution < 1.29 is 19.1 Å². The SMILES string of the molecule is CCOC(=O)CC1=CC(=O)N(CC(=O)NC(C)CCc2ccccc2)c2ccccc2N1. The molecule has 32 heavy (non-hydrogen) atoms. The van der Waals surface area contributed by atoms with Crippen molar-refractivity contribution in [2.24, 2.45) is 0 Å². The third-order valence-corrected chi connectivity index (χ3v) is 5.11. The number of nitrogens with one attached hydrogen (secondary N) is 2. The Hall–Kier alpha value is -3.61. The Morgan fingerprint density at radius 2 is 1.81 bits per heavy atom. The van der Waals surface area contributed by atoms with E-state index in [4.69, 9.17) is 4.74 Å². The van der Waals surface area contributed by atoms with Crippen molar-refractivity contribution in [3.8, 4) is 0 Å². The molecular formula is C25H29N3O4. The summed E-state index contributed by atoms with van der Waals surface area (Å²) < 4.78 is 4.99. The molecule has 0 spiro atoms. The quantitative estimate of drug-likeness (QED) is 0.590. The summed E-state index contributed by atoms with van der Waals surface area (Å²) >= 11 is 0. The Morgan fingerprint density at radius 3 is 2.56 bits per heavy atom. The highest BCUT2D eigenvalue weighted by molar-refractivity contribution is 6.09. The minimum absolute atomic E-state index is 0.0342. The second-order valence-electron chi connectivity index (χ2n) is 7.71. The average molecular weight is 436 g/mol. The molecule has 2 aromatic carbocycles. The minimum Gasteiger partial charge on any atom is -0.466 e. The first-order chi connectivity index (χ1) is 15.5. The fraction of sp³-hybridized carbons (Fsp3) is 0.320. The number of hydrogen-bond donors (Lipinski definition) is 2. The van der Waals surface area contributed by atoms with Crippen LogP contribution in [0, 0.1) is 0 Å². The Balaban J connectivity index is 1.66. The highest BCUT2D eigenvalue weighted by Gasteiger charge is 2.25. The number of esters is 1. The van der Waals surface area contributed by atoms with E-state index in [0.29, 0.717) is 17.1 Å². The van der Waals surface area contributed by atoms with Crippen LogP contribution in [0.25, 0.3) is 0 Å². The molecule has 0 aliphatic carbocycles. The number of carbonyl (C=O) groups excluding carboxylic acids is 3. The van der Waals surface area contributed by atoms with Crippen molar-refractivity contribution in [3.63, 3.8) is 0 Å². The van der Waals surface area contributed by atoms with Crippen molar-refractivity contribution in [3.05, 3.63) is 71.9 Å². The molecule has 7 heteroatoms. The number of rotatable bonds is 9. The van der Waals surface area contributed by atoms with Gasteiger partial charge in [0.2, 0.25) is 5.91 Å². The lowest BCUT2D eigenvalue weighted by molar-refractivity contribution is -0.142. The van der Waals surface area contributed by atoms with E-state index < -0.39 is 5.97 Å². The summed E-state index contributed by atoms with van der Waals surface area (Å²) in [7, 11) is 0. The van der Waals surface area contributed by atoms with Crippen LogP contribution in [0.5, 0.6) is 0 Å². The van der Waals surface area contributed by atoms with Crippen LogP contribution < -0.4 is 15.5 Å². The summed E-state index contributed by atoms with van der Waals surface area (Å²) in [5, 5.41) is 6.11. The molecule has 0 bridgehead atoms. The number of ether oxygens (including phenoxy) is 1. The third kappa shape index (κ3) is 6.44. The summed E-state index contributed by atoms with van der Waals surface area (Å²) in [5.74, 6) is -1.03. The van der Waals surface area contributed by atoms with Crippen molar-refractivity contribution in [1.82, 2.24) is 5.32 Å². The van der Waals surface area contributed by atoms with Gasteiger partial charge in [-0.3, -0.25) is 19.3 Å². The van der Waals surface area contributed by atoms with Gasteiger partial charge in [0, 0.05) is 17.8 Å². The number of carbonyl (C=O) groups is 3. The first kappa shape index (κ1) is 23.1. The molecule has 1 atom stereocenters. The fourth-order valence-electron chi connectivity index (χ4n) is 3.56. The van der Waals surface area contributed by atoms with E-state index in [9.17, 15) is 14.4 Å². The number of nitrogens with zero attached hydrogens (tertiary/aromatic N) is 1. The van der Waals surface area contributed by atoms with E-state index in [1.807, 2.05) is 31.2 Å². The summed E-state index contributed by atoms with van der Waals surface area (Å²) in [5.41, 5.74) is 2.88.